The number of halogens is 1. The van der Waals surface area contributed by atoms with E-state index < -0.39 is 5.91 Å². The van der Waals surface area contributed by atoms with E-state index in [0.717, 1.165) is 10.0 Å². The van der Waals surface area contributed by atoms with E-state index >= 15 is 0 Å². The fourth-order valence-corrected chi connectivity index (χ4v) is 3.02. The lowest BCUT2D eigenvalue weighted by atomic mass is 10.1. The summed E-state index contributed by atoms with van der Waals surface area (Å²) in [5.41, 5.74) is 1.86. The molecule has 1 aliphatic rings. The standard InChI is InChI=1S/C19H15BrN2O3/c20-16-9-14(10-17-18(16)25-12-24-17)8-15(11-21)19(23)22-7-6-13-4-2-1-3-5-13/h1-5,8-10H,6-7,12H2,(H,22,23)/b15-8+. The van der Waals surface area contributed by atoms with Crippen LogP contribution in [0, 0.1) is 11.3 Å². The molecule has 1 amide bonds. The maximum atomic E-state index is 12.2. The lowest BCUT2D eigenvalue weighted by Crippen LogP contribution is -2.26. The molecule has 0 fully saturated rings. The van der Waals surface area contributed by atoms with Crippen molar-refractivity contribution in [3.8, 4) is 17.6 Å². The summed E-state index contributed by atoms with van der Waals surface area (Å²) in [5, 5.41) is 12.1. The number of fused-ring (bicyclic) bond motifs is 1. The number of amides is 1. The van der Waals surface area contributed by atoms with E-state index in [1.165, 1.54) is 6.08 Å². The molecule has 0 unspecified atom stereocenters. The first-order chi connectivity index (χ1) is 12.2. The van der Waals surface area contributed by atoms with E-state index in [2.05, 4.69) is 21.2 Å². The minimum Gasteiger partial charge on any atom is -0.454 e. The van der Waals surface area contributed by atoms with Crippen LogP contribution in [0.2, 0.25) is 0 Å². The molecule has 5 nitrogen and oxygen atoms in total. The molecule has 6 heteroatoms. The predicted molar refractivity (Wildman–Crippen MR) is 97.0 cm³/mol. The first-order valence-electron chi connectivity index (χ1n) is 7.70. The molecule has 2 aromatic carbocycles. The highest BCUT2D eigenvalue weighted by molar-refractivity contribution is 9.10. The fraction of sp³-hybridized carbons (Fsp3) is 0.158. The fourth-order valence-electron chi connectivity index (χ4n) is 2.45. The molecule has 3 rings (SSSR count). The van der Waals surface area contributed by atoms with Gasteiger partial charge in [0.1, 0.15) is 11.6 Å². The summed E-state index contributed by atoms with van der Waals surface area (Å²) in [7, 11) is 0. The van der Waals surface area contributed by atoms with E-state index in [1.54, 1.807) is 12.1 Å². The minimum atomic E-state index is -0.396. The molecule has 0 atom stereocenters. The van der Waals surface area contributed by atoms with Crippen LogP contribution in [0.4, 0.5) is 0 Å². The molecule has 2 aromatic rings. The second kappa shape index (κ2) is 7.86. The van der Waals surface area contributed by atoms with Gasteiger partial charge in [-0.1, -0.05) is 30.3 Å². The molecule has 0 saturated heterocycles. The Hall–Kier alpha value is -2.78. The molecule has 126 valence electrons. The number of nitriles is 1. The Labute approximate surface area is 154 Å². The van der Waals surface area contributed by atoms with Crippen molar-refractivity contribution in [2.45, 2.75) is 6.42 Å². The Balaban J connectivity index is 1.67. The summed E-state index contributed by atoms with van der Waals surface area (Å²) in [6.07, 6.45) is 2.24. The summed E-state index contributed by atoms with van der Waals surface area (Å²) in [6, 6.07) is 15.3. The zero-order valence-corrected chi connectivity index (χ0v) is 14.9. The van der Waals surface area contributed by atoms with Crippen molar-refractivity contribution in [3.63, 3.8) is 0 Å². The van der Waals surface area contributed by atoms with E-state index in [-0.39, 0.29) is 12.4 Å². The van der Waals surface area contributed by atoms with Crippen LogP contribution in [0.15, 0.2) is 52.5 Å². The summed E-state index contributed by atoms with van der Waals surface area (Å²) in [5.74, 6) is 0.817. The second-order valence-electron chi connectivity index (χ2n) is 5.40. The topological polar surface area (TPSA) is 71.3 Å². The zero-order chi connectivity index (χ0) is 17.6. The zero-order valence-electron chi connectivity index (χ0n) is 13.3. The molecular formula is C19H15BrN2O3. The molecular weight excluding hydrogens is 384 g/mol. The molecule has 0 bridgehead atoms. The smallest absolute Gasteiger partial charge is 0.261 e. The van der Waals surface area contributed by atoms with Crippen molar-refractivity contribution in [2.24, 2.45) is 0 Å². The second-order valence-corrected chi connectivity index (χ2v) is 6.25. The Morgan fingerprint density at radius 1 is 1.28 bits per heavy atom. The highest BCUT2D eigenvalue weighted by atomic mass is 79.9. The highest BCUT2D eigenvalue weighted by Crippen LogP contribution is 2.40. The number of rotatable bonds is 5. The van der Waals surface area contributed by atoms with Gasteiger partial charge in [0.25, 0.3) is 5.91 Å². The van der Waals surface area contributed by atoms with Crippen LogP contribution in [0.25, 0.3) is 6.08 Å². The highest BCUT2D eigenvalue weighted by Gasteiger charge is 2.18. The largest absolute Gasteiger partial charge is 0.454 e. The maximum absolute atomic E-state index is 12.2. The van der Waals surface area contributed by atoms with Gasteiger partial charge in [0, 0.05) is 6.54 Å². The van der Waals surface area contributed by atoms with Gasteiger partial charge in [-0.15, -0.1) is 0 Å². The Morgan fingerprint density at radius 2 is 2.08 bits per heavy atom. The van der Waals surface area contributed by atoms with Crippen molar-refractivity contribution in [1.29, 1.82) is 5.26 Å². The molecule has 0 aromatic heterocycles. The van der Waals surface area contributed by atoms with Gasteiger partial charge in [-0.3, -0.25) is 4.79 Å². The summed E-state index contributed by atoms with van der Waals surface area (Å²) in [4.78, 5) is 12.2. The summed E-state index contributed by atoms with van der Waals surface area (Å²) >= 11 is 3.40. The number of hydrogen-bond donors (Lipinski definition) is 1. The molecule has 1 aliphatic heterocycles. The molecule has 0 spiro atoms. The molecule has 0 saturated carbocycles. The van der Waals surface area contributed by atoms with Crippen LogP contribution in [-0.4, -0.2) is 19.2 Å². The van der Waals surface area contributed by atoms with Gasteiger partial charge in [0.15, 0.2) is 11.5 Å². The van der Waals surface area contributed by atoms with Crippen LogP contribution in [-0.2, 0) is 11.2 Å². The lowest BCUT2D eigenvalue weighted by molar-refractivity contribution is -0.117. The van der Waals surface area contributed by atoms with Crippen LogP contribution in [0.5, 0.6) is 11.5 Å². The van der Waals surface area contributed by atoms with Gasteiger partial charge in [0.05, 0.1) is 4.47 Å². The number of carbonyl (C=O) groups excluding carboxylic acids is 1. The number of nitrogens with one attached hydrogen (secondary N) is 1. The number of hydrogen-bond acceptors (Lipinski definition) is 4. The third-order valence-electron chi connectivity index (χ3n) is 3.67. The van der Waals surface area contributed by atoms with Gasteiger partial charge in [-0.05, 0) is 51.7 Å². The van der Waals surface area contributed by atoms with Gasteiger partial charge < -0.3 is 14.8 Å². The normalized spacial score (nSPS) is 12.6. The molecule has 1 heterocycles. The third kappa shape index (κ3) is 4.20. The van der Waals surface area contributed by atoms with E-state index in [1.807, 2.05) is 36.4 Å². The summed E-state index contributed by atoms with van der Waals surface area (Å²) in [6.45, 7) is 0.624. The van der Waals surface area contributed by atoms with Crippen molar-refractivity contribution in [3.05, 3.63) is 63.6 Å². The molecule has 0 aliphatic carbocycles. The van der Waals surface area contributed by atoms with Gasteiger partial charge in [-0.2, -0.15) is 5.26 Å². The first kappa shape index (κ1) is 17.1. The van der Waals surface area contributed by atoms with Crippen molar-refractivity contribution < 1.29 is 14.3 Å². The van der Waals surface area contributed by atoms with Gasteiger partial charge >= 0.3 is 0 Å². The monoisotopic (exact) mass is 398 g/mol. The van der Waals surface area contributed by atoms with E-state index in [4.69, 9.17) is 9.47 Å². The van der Waals surface area contributed by atoms with Crippen LogP contribution in [0.1, 0.15) is 11.1 Å². The van der Waals surface area contributed by atoms with Gasteiger partial charge in [-0.25, -0.2) is 0 Å². The number of nitrogens with zero attached hydrogens (tertiary/aromatic N) is 1. The van der Waals surface area contributed by atoms with Crippen LogP contribution >= 0.6 is 15.9 Å². The number of ether oxygens (including phenoxy) is 2. The number of benzene rings is 2. The number of carbonyl (C=O) groups is 1. The Morgan fingerprint density at radius 3 is 2.84 bits per heavy atom. The average molecular weight is 399 g/mol. The Kier molecular flexibility index (Phi) is 5.36. The third-order valence-corrected chi connectivity index (χ3v) is 4.26. The van der Waals surface area contributed by atoms with E-state index in [9.17, 15) is 10.1 Å². The van der Waals surface area contributed by atoms with Crippen LogP contribution in [0.3, 0.4) is 0 Å². The molecule has 1 N–H and O–H groups in total. The first-order valence-corrected chi connectivity index (χ1v) is 8.50. The predicted octanol–water partition coefficient (Wildman–Crippen LogP) is 3.44. The minimum absolute atomic E-state index is 0.0406. The molecule has 0 radical (unpaired) electrons. The SMILES string of the molecule is N#C/C(=C\c1cc(Br)c2c(c1)OCO2)C(=O)NCCc1ccccc1. The summed E-state index contributed by atoms with van der Waals surface area (Å²) < 4.78 is 11.4. The Bertz CT molecular complexity index is 857. The quantitative estimate of drug-likeness (QED) is 0.618. The maximum Gasteiger partial charge on any atom is 0.261 e. The average Bonchev–Trinajstić information content (AvgIpc) is 3.09. The van der Waals surface area contributed by atoms with Gasteiger partial charge in [0.2, 0.25) is 6.79 Å². The van der Waals surface area contributed by atoms with E-state index in [0.29, 0.717) is 30.0 Å². The molecule has 25 heavy (non-hydrogen) atoms. The van der Waals surface area contributed by atoms with Crippen LogP contribution < -0.4 is 14.8 Å². The van der Waals surface area contributed by atoms with Crippen molar-refractivity contribution in [1.82, 2.24) is 5.32 Å². The lowest BCUT2D eigenvalue weighted by Gasteiger charge is -2.05. The van der Waals surface area contributed by atoms with Crippen molar-refractivity contribution in [2.75, 3.05) is 13.3 Å². The van der Waals surface area contributed by atoms with Crippen molar-refractivity contribution >= 4 is 27.9 Å².